The molecule has 1 heterocycles. The molecule has 0 aliphatic rings. The Bertz CT molecular complexity index is 339. The van der Waals surface area contributed by atoms with Gasteiger partial charge in [0.15, 0.2) is 5.82 Å². The van der Waals surface area contributed by atoms with Crippen molar-refractivity contribution in [1.82, 2.24) is 10.1 Å². The second-order valence-electron chi connectivity index (χ2n) is 5.32. The van der Waals surface area contributed by atoms with Crippen molar-refractivity contribution in [3.05, 3.63) is 11.7 Å². The standard InChI is InChI=1S/C14H27N3O2/c1-11(2)12(8-9-15)6-7-14-16-13(17-19-14)5-4-10-18-3/h11-12H,4-10,15H2,1-3H3. The number of ether oxygens (including phenoxy) is 1. The van der Waals surface area contributed by atoms with E-state index in [2.05, 4.69) is 24.0 Å². The molecule has 0 radical (unpaired) electrons. The molecule has 0 aliphatic carbocycles. The minimum absolute atomic E-state index is 0.633. The largest absolute Gasteiger partial charge is 0.385 e. The summed E-state index contributed by atoms with van der Waals surface area (Å²) in [6, 6.07) is 0. The number of hydrogen-bond donors (Lipinski definition) is 1. The lowest BCUT2D eigenvalue weighted by atomic mass is 9.88. The van der Waals surface area contributed by atoms with E-state index in [0.717, 1.165) is 57.0 Å². The van der Waals surface area contributed by atoms with Gasteiger partial charge in [-0.3, -0.25) is 0 Å². The first-order chi connectivity index (χ1) is 9.17. The van der Waals surface area contributed by atoms with Crippen LogP contribution >= 0.6 is 0 Å². The van der Waals surface area contributed by atoms with Gasteiger partial charge >= 0.3 is 0 Å². The Morgan fingerprint density at radius 3 is 2.68 bits per heavy atom. The Kier molecular flexibility index (Phi) is 7.67. The lowest BCUT2D eigenvalue weighted by Gasteiger charge is -2.18. The van der Waals surface area contributed by atoms with Gasteiger partial charge in [0.25, 0.3) is 0 Å². The first-order valence-corrected chi connectivity index (χ1v) is 7.17. The van der Waals surface area contributed by atoms with Gasteiger partial charge < -0.3 is 15.0 Å². The number of methoxy groups -OCH3 is 1. The fourth-order valence-electron chi connectivity index (χ4n) is 2.20. The van der Waals surface area contributed by atoms with Crippen molar-refractivity contribution in [3.8, 4) is 0 Å². The third-order valence-electron chi connectivity index (χ3n) is 3.47. The van der Waals surface area contributed by atoms with Crippen LogP contribution in [0.1, 0.15) is 44.8 Å². The molecular formula is C14H27N3O2. The minimum Gasteiger partial charge on any atom is -0.385 e. The molecular weight excluding hydrogens is 242 g/mol. The van der Waals surface area contributed by atoms with E-state index in [0.29, 0.717) is 11.8 Å². The normalized spacial score (nSPS) is 13.1. The Morgan fingerprint density at radius 1 is 1.26 bits per heavy atom. The zero-order chi connectivity index (χ0) is 14.1. The fraction of sp³-hybridized carbons (Fsp3) is 0.857. The van der Waals surface area contributed by atoms with Crippen LogP contribution in [0.3, 0.4) is 0 Å². The van der Waals surface area contributed by atoms with E-state index in [-0.39, 0.29) is 0 Å². The number of rotatable bonds is 10. The summed E-state index contributed by atoms with van der Waals surface area (Å²) in [5, 5.41) is 3.99. The van der Waals surface area contributed by atoms with E-state index < -0.39 is 0 Å². The number of aryl methyl sites for hydroxylation is 2. The van der Waals surface area contributed by atoms with Crippen LogP contribution in [0.15, 0.2) is 4.52 Å². The highest BCUT2D eigenvalue weighted by Gasteiger charge is 2.14. The fourth-order valence-corrected chi connectivity index (χ4v) is 2.20. The number of nitrogens with zero attached hydrogens (tertiary/aromatic N) is 2. The van der Waals surface area contributed by atoms with Crippen LogP contribution in [0.5, 0.6) is 0 Å². The van der Waals surface area contributed by atoms with Gasteiger partial charge in [0, 0.05) is 26.6 Å². The Balaban J connectivity index is 2.36. The van der Waals surface area contributed by atoms with Crippen molar-refractivity contribution >= 4 is 0 Å². The molecule has 110 valence electrons. The smallest absolute Gasteiger partial charge is 0.226 e. The highest BCUT2D eigenvalue weighted by molar-refractivity contribution is 4.87. The van der Waals surface area contributed by atoms with Gasteiger partial charge in [-0.1, -0.05) is 19.0 Å². The van der Waals surface area contributed by atoms with Gasteiger partial charge in [-0.2, -0.15) is 4.98 Å². The zero-order valence-electron chi connectivity index (χ0n) is 12.4. The summed E-state index contributed by atoms with van der Waals surface area (Å²) in [6.45, 7) is 5.96. The molecule has 5 nitrogen and oxygen atoms in total. The summed E-state index contributed by atoms with van der Waals surface area (Å²) in [4.78, 5) is 4.41. The summed E-state index contributed by atoms with van der Waals surface area (Å²) in [7, 11) is 1.70. The second kappa shape index (κ2) is 9.04. The molecule has 0 aromatic carbocycles. The molecule has 5 heteroatoms. The third-order valence-corrected chi connectivity index (χ3v) is 3.47. The highest BCUT2D eigenvalue weighted by Crippen LogP contribution is 2.20. The lowest BCUT2D eigenvalue weighted by molar-refractivity contribution is 0.194. The maximum atomic E-state index is 5.65. The van der Waals surface area contributed by atoms with Gasteiger partial charge in [-0.15, -0.1) is 0 Å². The molecule has 1 unspecified atom stereocenters. The van der Waals surface area contributed by atoms with Crippen LogP contribution < -0.4 is 5.73 Å². The summed E-state index contributed by atoms with van der Waals surface area (Å²) < 4.78 is 10.3. The topological polar surface area (TPSA) is 74.2 Å². The molecule has 1 atom stereocenters. The Morgan fingerprint density at radius 2 is 2.05 bits per heavy atom. The van der Waals surface area contributed by atoms with Gasteiger partial charge in [0.05, 0.1) is 0 Å². The molecule has 0 spiro atoms. The summed E-state index contributed by atoms with van der Waals surface area (Å²) in [6.07, 6.45) is 4.71. The van der Waals surface area contributed by atoms with Crippen LogP contribution in [0.2, 0.25) is 0 Å². The van der Waals surface area contributed by atoms with Gasteiger partial charge in [-0.05, 0) is 37.6 Å². The zero-order valence-corrected chi connectivity index (χ0v) is 12.4. The molecule has 0 amide bonds. The van der Waals surface area contributed by atoms with Crippen molar-refractivity contribution in [2.45, 2.75) is 46.0 Å². The average Bonchev–Trinajstić information content (AvgIpc) is 2.82. The van der Waals surface area contributed by atoms with Crippen LogP contribution in [0, 0.1) is 11.8 Å². The summed E-state index contributed by atoms with van der Waals surface area (Å²) in [5.41, 5.74) is 5.65. The van der Waals surface area contributed by atoms with E-state index in [1.54, 1.807) is 7.11 Å². The molecule has 0 saturated heterocycles. The molecule has 1 rings (SSSR count). The molecule has 1 aromatic heterocycles. The number of aromatic nitrogens is 2. The van der Waals surface area contributed by atoms with Crippen LogP contribution in [0.25, 0.3) is 0 Å². The van der Waals surface area contributed by atoms with Gasteiger partial charge in [0.2, 0.25) is 5.89 Å². The van der Waals surface area contributed by atoms with Crippen molar-refractivity contribution in [3.63, 3.8) is 0 Å². The van der Waals surface area contributed by atoms with Gasteiger partial charge in [0.1, 0.15) is 0 Å². The van der Waals surface area contributed by atoms with Crippen molar-refractivity contribution in [2.75, 3.05) is 20.3 Å². The first-order valence-electron chi connectivity index (χ1n) is 7.17. The predicted octanol–water partition coefficient (Wildman–Crippen LogP) is 2.20. The second-order valence-corrected chi connectivity index (χ2v) is 5.32. The predicted molar refractivity (Wildman–Crippen MR) is 74.8 cm³/mol. The maximum Gasteiger partial charge on any atom is 0.226 e. The molecule has 1 aromatic rings. The third kappa shape index (κ3) is 6.16. The van der Waals surface area contributed by atoms with Gasteiger partial charge in [-0.25, -0.2) is 0 Å². The van der Waals surface area contributed by atoms with E-state index in [1.165, 1.54) is 0 Å². The van der Waals surface area contributed by atoms with E-state index in [1.807, 2.05) is 0 Å². The minimum atomic E-state index is 0.633. The van der Waals surface area contributed by atoms with Crippen LogP contribution in [-0.2, 0) is 17.6 Å². The lowest BCUT2D eigenvalue weighted by Crippen LogP contribution is -2.15. The summed E-state index contributed by atoms with van der Waals surface area (Å²) >= 11 is 0. The highest BCUT2D eigenvalue weighted by atomic mass is 16.5. The first kappa shape index (κ1) is 16.1. The molecule has 0 aliphatic heterocycles. The maximum absolute atomic E-state index is 5.65. The van der Waals surface area contributed by atoms with Crippen LogP contribution in [-0.4, -0.2) is 30.4 Å². The SMILES string of the molecule is COCCCc1noc(CCC(CCN)C(C)C)n1. The number of nitrogens with two attached hydrogens (primary N) is 1. The monoisotopic (exact) mass is 269 g/mol. The average molecular weight is 269 g/mol. The quantitative estimate of drug-likeness (QED) is 0.659. The van der Waals surface area contributed by atoms with Crippen molar-refractivity contribution in [2.24, 2.45) is 17.6 Å². The summed E-state index contributed by atoms with van der Waals surface area (Å²) in [5.74, 6) is 2.81. The van der Waals surface area contributed by atoms with Crippen molar-refractivity contribution < 1.29 is 9.26 Å². The molecule has 0 bridgehead atoms. The molecule has 2 N–H and O–H groups in total. The van der Waals surface area contributed by atoms with Crippen LogP contribution in [0.4, 0.5) is 0 Å². The van der Waals surface area contributed by atoms with E-state index >= 15 is 0 Å². The molecule has 19 heavy (non-hydrogen) atoms. The molecule has 0 saturated carbocycles. The Labute approximate surface area is 115 Å². The number of hydrogen-bond acceptors (Lipinski definition) is 5. The van der Waals surface area contributed by atoms with Crippen molar-refractivity contribution in [1.29, 1.82) is 0 Å². The van der Waals surface area contributed by atoms with E-state index in [4.69, 9.17) is 15.0 Å². The van der Waals surface area contributed by atoms with E-state index in [9.17, 15) is 0 Å². The Hall–Kier alpha value is -0.940. The molecule has 0 fully saturated rings.